The minimum atomic E-state index is -0.837. The van der Waals surface area contributed by atoms with Crippen molar-refractivity contribution in [2.24, 2.45) is 11.8 Å². The van der Waals surface area contributed by atoms with Crippen molar-refractivity contribution in [3.8, 4) is 5.75 Å². The van der Waals surface area contributed by atoms with E-state index in [0.717, 1.165) is 36.0 Å². The van der Waals surface area contributed by atoms with Crippen LogP contribution < -0.4 is 10.1 Å². The highest BCUT2D eigenvalue weighted by molar-refractivity contribution is 5.87. The molecule has 146 valence electrons. The number of benzene rings is 2. The second-order valence-corrected chi connectivity index (χ2v) is 8.19. The van der Waals surface area contributed by atoms with E-state index in [-0.39, 0.29) is 6.54 Å². The van der Waals surface area contributed by atoms with Crippen LogP contribution in [-0.2, 0) is 11.3 Å². The lowest BCUT2D eigenvalue weighted by atomic mass is 9.80. The van der Waals surface area contributed by atoms with Crippen molar-refractivity contribution < 1.29 is 14.6 Å². The predicted molar refractivity (Wildman–Crippen MR) is 109 cm³/mol. The molecule has 0 spiro atoms. The number of carboxylic acid groups (broad SMARTS) is 1. The summed E-state index contributed by atoms with van der Waals surface area (Å²) in [6.07, 6.45) is 5.15. The van der Waals surface area contributed by atoms with Gasteiger partial charge in [0.2, 0.25) is 0 Å². The summed E-state index contributed by atoms with van der Waals surface area (Å²) in [4.78, 5) is 10.6. The number of nitrogens with one attached hydrogen (secondary N) is 1. The fourth-order valence-electron chi connectivity index (χ4n) is 4.11. The van der Waals surface area contributed by atoms with Gasteiger partial charge < -0.3 is 15.2 Å². The van der Waals surface area contributed by atoms with Gasteiger partial charge in [0, 0.05) is 6.54 Å². The Bertz CT molecular complexity index is 792. The van der Waals surface area contributed by atoms with E-state index in [1.54, 1.807) is 0 Å². The van der Waals surface area contributed by atoms with Crippen LogP contribution >= 0.6 is 0 Å². The van der Waals surface area contributed by atoms with Crippen molar-refractivity contribution in [1.29, 1.82) is 0 Å². The zero-order valence-electron chi connectivity index (χ0n) is 16.6. The summed E-state index contributed by atoms with van der Waals surface area (Å²) in [5, 5.41) is 14.0. The van der Waals surface area contributed by atoms with Gasteiger partial charge in [-0.05, 0) is 84.5 Å². The molecule has 0 amide bonds. The molecule has 27 heavy (non-hydrogen) atoms. The minimum Gasteiger partial charge on any atom is -0.490 e. The van der Waals surface area contributed by atoms with Gasteiger partial charge in [-0.2, -0.15) is 0 Å². The fourth-order valence-corrected chi connectivity index (χ4v) is 4.11. The van der Waals surface area contributed by atoms with E-state index < -0.39 is 5.97 Å². The van der Waals surface area contributed by atoms with Gasteiger partial charge >= 0.3 is 5.97 Å². The Morgan fingerprint density at radius 3 is 2.59 bits per heavy atom. The molecular formula is C23H31NO3. The molecule has 1 aliphatic rings. The smallest absolute Gasteiger partial charge is 0.317 e. The maximum Gasteiger partial charge on any atom is 0.317 e. The van der Waals surface area contributed by atoms with Crippen molar-refractivity contribution in [2.45, 2.75) is 59.1 Å². The van der Waals surface area contributed by atoms with Crippen molar-refractivity contribution in [2.75, 3.05) is 6.54 Å². The highest BCUT2D eigenvalue weighted by atomic mass is 16.5. The Balaban J connectivity index is 1.67. The van der Waals surface area contributed by atoms with Gasteiger partial charge in [-0.25, -0.2) is 0 Å². The highest BCUT2D eigenvalue weighted by Gasteiger charge is 2.24. The lowest BCUT2D eigenvalue weighted by Crippen LogP contribution is -2.26. The molecule has 2 N–H and O–H groups in total. The third-order valence-corrected chi connectivity index (χ3v) is 5.77. The van der Waals surface area contributed by atoms with Gasteiger partial charge in [-0.1, -0.05) is 26.0 Å². The largest absolute Gasteiger partial charge is 0.490 e. The van der Waals surface area contributed by atoms with Crippen LogP contribution in [0.25, 0.3) is 10.8 Å². The molecule has 0 radical (unpaired) electrons. The maximum absolute atomic E-state index is 10.6. The van der Waals surface area contributed by atoms with Crippen LogP contribution in [0, 0.1) is 18.8 Å². The summed E-state index contributed by atoms with van der Waals surface area (Å²) in [5.74, 6) is 1.74. The summed E-state index contributed by atoms with van der Waals surface area (Å²) in [5.41, 5.74) is 2.28. The van der Waals surface area contributed by atoms with E-state index in [2.05, 4.69) is 50.4 Å². The minimum absolute atomic E-state index is 0.0249. The first-order valence-corrected chi connectivity index (χ1v) is 10.0. The van der Waals surface area contributed by atoms with Gasteiger partial charge in [0.25, 0.3) is 0 Å². The number of hydrogen-bond acceptors (Lipinski definition) is 3. The molecule has 1 fully saturated rings. The second-order valence-electron chi connectivity index (χ2n) is 8.19. The molecule has 1 saturated carbocycles. The molecule has 0 bridgehead atoms. The topological polar surface area (TPSA) is 58.6 Å². The predicted octanol–water partition coefficient (Wildman–Crippen LogP) is 4.92. The van der Waals surface area contributed by atoms with Gasteiger partial charge in [0.15, 0.2) is 0 Å². The Labute approximate surface area is 161 Å². The number of hydrogen-bond donors (Lipinski definition) is 2. The van der Waals surface area contributed by atoms with E-state index >= 15 is 0 Å². The third-order valence-electron chi connectivity index (χ3n) is 5.77. The number of ether oxygens (including phenoxy) is 1. The van der Waals surface area contributed by atoms with Crippen LogP contribution in [0.4, 0.5) is 0 Å². The zero-order valence-corrected chi connectivity index (χ0v) is 16.6. The zero-order chi connectivity index (χ0) is 19.4. The van der Waals surface area contributed by atoms with Crippen LogP contribution in [0.15, 0.2) is 30.3 Å². The molecule has 2 aromatic rings. The molecule has 4 nitrogen and oxygen atoms in total. The van der Waals surface area contributed by atoms with E-state index in [0.29, 0.717) is 12.6 Å². The van der Waals surface area contributed by atoms with Crippen LogP contribution in [0.2, 0.25) is 0 Å². The van der Waals surface area contributed by atoms with E-state index in [9.17, 15) is 4.79 Å². The van der Waals surface area contributed by atoms with Crippen LogP contribution in [0.5, 0.6) is 5.75 Å². The van der Waals surface area contributed by atoms with Crippen LogP contribution in [0.1, 0.15) is 50.7 Å². The number of aliphatic carboxylic acids is 1. The molecule has 4 heteroatoms. The van der Waals surface area contributed by atoms with Crippen LogP contribution in [0.3, 0.4) is 0 Å². The Morgan fingerprint density at radius 1 is 1.19 bits per heavy atom. The first-order chi connectivity index (χ1) is 12.9. The molecule has 3 rings (SSSR count). The number of carbonyl (C=O) groups is 1. The van der Waals surface area contributed by atoms with E-state index in [4.69, 9.17) is 9.84 Å². The second kappa shape index (κ2) is 8.75. The highest BCUT2D eigenvalue weighted by Crippen LogP contribution is 2.33. The fraction of sp³-hybridized carbons (Fsp3) is 0.522. The van der Waals surface area contributed by atoms with Crippen molar-refractivity contribution in [3.63, 3.8) is 0 Å². The van der Waals surface area contributed by atoms with Crippen molar-refractivity contribution in [1.82, 2.24) is 5.32 Å². The molecular weight excluding hydrogens is 338 g/mol. The lowest BCUT2D eigenvalue weighted by molar-refractivity contribution is -0.135. The van der Waals surface area contributed by atoms with Gasteiger partial charge in [-0.3, -0.25) is 4.79 Å². The van der Waals surface area contributed by atoms with E-state index in [1.807, 2.05) is 6.07 Å². The first-order valence-electron chi connectivity index (χ1n) is 10.0. The Kier molecular flexibility index (Phi) is 6.38. The molecule has 2 aromatic carbocycles. The van der Waals surface area contributed by atoms with E-state index in [1.165, 1.54) is 29.2 Å². The standard InChI is InChI=1S/C23H31NO3/c1-15(2)18-6-8-20(9-7-18)27-21-10-16(3)22-11-17(4-5-19(22)12-21)13-24-14-23(25)26/h4-5,10-12,15,18,20,24H,6-9,13-14H2,1-3H3,(H,25,26)/t18-,20-. The Hall–Kier alpha value is -2.07. The average molecular weight is 370 g/mol. The molecule has 0 aliphatic heterocycles. The van der Waals surface area contributed by atoms with Crippen molar-refractivity contribution >= 4 is 16.7 Å². The van der Waals surface area contributed by atoms with Gasteiger partial charge in [-0.15, -0.1) is 0 Å². The molecule has 0 atom stereocenters. The number of aryl methyl sites for hydroxylation is 1. The third kappa shape index (κ3) is 5.23. The average Bonchev–Trinajstić information content (AvgIpc) is 2.62. The first kappa shape index (κ1) is 19.7. The summed E-state index contributed by atoms with van der Waals surface area (Å²) < 4.78 is 6.32. The Morgan fingerprint density at radius 2 is 1.93 bits per heavy atom. The molecule has 0 unspecified atom stereocenters. The van der Waals surface area contributed by atoms with Crippen molar-refractivity contribution in [3.05, 3.63) is 41.5 Å². The maximum atomic E-state index is 10.6. The molecule has 0 saturated heterocycles. The monoisotopic (exact) mass is 369 g/mol. The van der Waals surface area contributed by atoms with Gasteiger partial charge in [0.1, 0.15) is 5.75 Å². The van der Waals surface area contributed by atoms with Gasteiger partial charge in [0.05, 0.1) is 12.6 Å². The summed E-state index contributed by atoms with van der Waals surface area (Å²) in [6, 6.07) is 10.5. The molecule has 0 heterocycles. The number of carboxylic acids is 1. The summed E-state index contributed by atoms with van der Waals surface area (Å²) in [7, 11) is 0. The normalized spacial score (nSPS) is 20.1. The molecule has 1 aliphatic carbocycles. The SMILES string of the molecule is Cc1cc(O[C@H]2CC[C@H](C(C)C)CC2)cc2ccc(CNCC(=O)O)cc12. The quantitative estimate of drug-likeness (QED) is 0.727. The summed E-state index contributed by atoms with van der Waals surface area (Å²) in [6.45, 7) is 7.29. The molecule has 0 aromatic heterocycles. The van der Waals surface area contributed by atoms with Crippen LogP contribution in [-0.4, -0.2) is 23.7 Å². The lowest BCUT2D eigenvalue weighted by Gasteiger charge is -2.31. The number of rotatable bonds is 7. The number of fused-ring (bicyclic) bond motifs is 1. The summed E-state index contributed by atoms with van der Waals surface area (Å²) >= 11 is 0.